The van der Waals surface area contributed by atoms with Gasteiger partial charge < -0.3 is 15.2 Å². The summed E-state index contributed by atoms with van der Waals surface area (Å²) in [6.07, 6.45) is 0. The topological polar surface area (TPSA) is 110 Å². The third-order valence-corrected chi connectivity index (χ3v) is 4.66. The van der Waals surface area contributed by atoms with Crippen molar-refractivity contribution >= 4 is 46.5 Å². The van der Waals surface area contributed by atoms with Crippen LogP contribution in [0, 0.1) is 6.92 Å². The van der Waals surface area contributed by atoms with Gasteiger partial charge in [-0.25, -0.2) is 0 Å². The number of amides is 2. The molecule has 2 amide bonds. The Labute approximate surface area is 151 Å². The molecule has 0 bridgehead atoms. The van der Waals surface area contributed by atoms with Crippen molar-refractivity contribution in [3.63, 3.8) is 0 Å². The average molecular weight is 375 g/mol. The van der Waals surface area contributed by atoms with Crippen molar-refractivity contribution in [3.05, 3.63) is 46.3 Å². The van der Waals surface area contributed by atoms with Gasteiger partial charge >= 0.3 is 0 Å². The van der Waals surface area contributed by atoms with E-state index in [1.807, 2.05) is 5.38 Å². The van der Waals surface area contributed by atoms with E-state index in [0.717, 1.165) is 0 Å². The van der Waals surface area contributed by atoms with Crippen LogP contribution in [-0.4, -0.2) is 32.9 Å². The van der Waals surface area contributed by atoms with Gasteiger partial charge in [-0.1, -0.05) is 23.0 Å². The van der Waals surface area contributed by atoms with Gasteiger partial charge in [-0.15, -0.1) is 21.5 Å². The van der Waals surface area contributed by atoms with Crippen molar-refractivity contribution in [2.45, 2.75) is 11.9 Å². The van der Waals surface area contributed by atoms with Crippen LogP contribution in [0.25, 0.3) is 0 Å². The molecule has 0 aliphatic rings. The minimum Gasteiger partial charge on any atom is -0.360 e. The lowest BCUT2D eigenvalue weighted by atomic mass is 10.4. The molecular formula is C15H13N5O3S2. The number of thiophene rings is 1. The summed E-state index contributed by atoms with van der Waals surface area (Å²) in [5.74, 6) is 1.05. The minimum absolute atomic E-state index is 0.154. The van der Waals surface area contributed by atoms with Crippen LogP contribution in [0.15, 0.2) is 45.3 Å². The number of nitrogens with one attached hydrogen (secondary N) is 2. The molecule has 3 rings (SSSR count). The second-order valence-electron chi connectivity index (χ2n) is 4.85. The van der Waals surface area contributed by atoms with Crippen LogP contribution in [0.2, 0.25) is 0 Å². The number of hydrogen-bond acceptors (Lipinski definition) is 8. The molecule has 0 saturated carbocycles. The van der Waals surface area contributed by atoms with Crippen LogP contribution < -0.4 is 10.6 Å². The van der Waals surface area contributed by atoms with Crippen molar-refractivity contribution in [2.24, 2.45) is 0 Å². The lowest BCUT2D eigenvalue weighted by molar-refractivity contribution is -0.113. The Kier molecular flexibility index (Phi) is 5.41. The Hall–Kier alpha value is -2.72. The van der Waals surface area contributed by atoms with E-state index in [1.54, 1.807) is 37.3 Å². The first-order valence-electron chi connectivity index (χ1n) is 7.15. The summed E-state index contributed by atoms with van der Waals surface area (Å²) >= 11 is 2.57. The van der Waals surface area contributed by atoms with E-state index < -0.39 is 0 Å². The second kappa shape index (κ2) is 7.90. The summed E-state index contributed by atoms with van der Waals surface area (Å²) < 4.78 is 4.87. The maximum absolute atomic E-state index is 11.9. The number of thioether (sulfide) groups is 1. The summed E-state index contributed by atoms with van der Waals surface area (Å²) in [4.78, 5) is 24.3. The van der Waals surface area contributed by atoms with Crippen molar-refractivity contribution < 1.29 is 14.1 Å². The van der Waals surface area contributed by atoms with Crippen LogP contribution in [0.4, 0.5) is 11.6 Å². The molecule has 3 aromatic rings. The predicted octanol–water partition coefficient (Wildman–Crippen LogP) is 2.82. The highest BCUT2D eigenvalue weighted by atomic mass is 32.2. The quantitative estimate of drug-likeness (QED) is 0.637. The maximum Gasteiger partial charge on any atom is 0.266 e. The number of anilines is 2. The van der Waals surface area contributed by atoms with Gasteiger partial charge in [-0.3, -0.25) is 9.59 Å². The Morgan fingerprint density at radius 1 is 1.20 bits per heavy atom. The highest BCUT2D eigenvalue weighted by Gasteiger charge is 2.10. The molecule has 25 heavy (non-hydrogen) atoms. The summed E-state index contributed by atoms with van der Waals surface area (Å²) in [6, 6.07) is 8.49. The first kappa shape index (κ1) is 17.1. The predicted molar refractivity (Wildman–Crippen MR) is 94.9 cm³/mol. The van der Waals surface area contributed by atoms with Gasteiger partial charge in [0.2, 0.25) is 5.91 Å². The molecule has 0 aliphatic carbocycles. The monoisotopic (exact) mass is 375 g/mol. The fourth-order valence-corrected chi connectivity index (χ4v) is 3.03. The van der Waals surface area contributed by atoms with Gasteiger partial charge in [-0.2, -0.15) is 0 Å². The largest absolute Gasteiger partial charge is 0.360 e. The third-order valence-electron chi connectivity index (χ3n) is 2.87. The Bertz CT molecular complexity index is 862. The van der Waals surface area contributed by atoms with E-state index in [-0.39, 0.29) is 17.6 Å². The molecule has 0 aliphatic heterocycles. The molecule has 0 aromatic carbocycles. The second-order valence-corrected chi connectivity index (χ2v) is 6.79. The SMILES string of the molecule is Cc1cc(NC(=O)CSc2ccc(NC(=O)c3cccs3)nn2)no1. The lowest BCUT2D eigenvalue weighted by Crippen LogP contribution is -2.14. The zero-order chi connectivity index (χ0) is 17.6. The van der Waals surface area contributed by atoms with Crippen molar-refractivity contribution in [1.29, 1.82) is 0 Å². The van der Waals surface area contributed by atoms with Crippen LogP contribution in [0.5, 0.6) is 0 Å². The molecule has 0 atom stereocenters. The Balaban J connectivity index is 1.49. The van der Waals surface area contributed by atoms with Crippen LogP contribution in [0.3, 0.4) is 0 Å². The van der Waals surface area contributed by atoms with Gasteiger partial charge in [0.05, 0.1) is 10.6 Å². The van der Waals surface area contributed by atoms with E-state index in [9.17, 15) is 9.59 Å². The standard InChI is InChI=1S/C15H13N5O3S2/c1-9-7-12(20-23-9)16-13(21)8-25-14-5-4-11(18-19-14)17-15(22)10-3-2-6-24-10/h2-7H,8H2,1H3,(H,16,20,21)(H,17,18,22). The van der Waals surface area contributed by atoms with Crippen molar-refractivity contribution in [1.82, 2.24) is 15.4 Å². The van der Waals surface area contributed by atoms with Gasteiger partial charge in [0, 0.05) is 6.07 Å². The molecule has 8 nitrogen and oxygen atoms in total. The number of nitrogens with zero attached hydrogens (tertiary/aromatic N) is 3. The summed E-state index contributed by atoms with van der Waals surface area (Å²) in [6.45, 7) is 1.74. The molecule has 10 heteroatoms. The maximum atomic E-state index is 11.9. The van der Waals surface area contributed by atoms with Gasteiger partial charge in [0.1, 0.15) is 10.8 Å². The number of aromatic nitrogens is 3. The fraction of sp³-hybridized carbons (Fsp3) is 0.133. The van der Waals surface area contributed by atoms with Gasteiger partial charge in [-0.05, 0) is 30.5 Å². The highest BCUT2D eigenvalue weighted by molar-refractivity contribution is 7.99. The lowest BCUT2D eigenvalue weighted by Gasteiger charge is -2.03. The molecule has 0 unspecified atom stereocenters. The van der Waals surface area contributed by atoms with E-state index in [2.05, 4.69) is 26.0 Å². The molecule has 3 heterocycles. The molecule has 128 valence electrons. The fourth-order valence-electron chi connectivity index (χ4n) is 1.79. The van der Waals surface area contributed by atoms with Gasteiger partial charge in [0.25, 0.3) is 5.91 Å². The number of carbonyl (C=O) groups is 2. The van der Waals surface area contributed by atoms with Crippen LogP contribution in [-0.2, 0) is 4.79 Å². The molecule has 0 saturated heterocycles. The number of carbonyl (C=O) groups excluding carboxylic acids is 2. The van der Waals surface area contributed by atoms with E-state index >= 15 is 0 Å². The third kappa shape index (κ3) is 4.88. The Morgan fingerprint density at radius 2 is 2.08 bits per heavy atom. The van der Waals surface area contributed by atoms with Gasteiger partial charge in [0.15, 0.2) is 11.6 Å². The summed E-state index contributed by atoms with van der Waals surface area (Å²) in [7, 11) is 0. The first-order valence-corrected chi connectivity index (χ1v) is 9.01. The first-order chi connectivity index (χ1) is 12.1. The zero-order valence-electron chi connectivity index (χ0n) is 13.1. The Morgan fingerprint density at radius 3 is 2.72 bits per heavy atom. The normalized spacial score (nSPS) is 10.4. The van der Waals surface area contributed by atoms with E-state index in [4.69, 9.17) is 4.52 Å². The number of aryl methyl sites for hydroxylation is 1. The molecule has 0 radical (unpaired) electrons. The molecule has 0 spiro atoms. The number of hydrogen-bond donors (Lipinski definition) is 2. The van der Waals surface area contributed by atoms with Crippen molar-refractivity contribution in [2.75, 3.05) is 16.4 Å². The summed E-state index contributed by atoms with van der Waals surface area (Å²) in [5, 5.41) is 19.3. The molecular weight excluding hydrogens is 362 g/mol. The van der Waals surface area contributed by atoms with Crippen molar-refractivity contribution in [3.8, 4) is 0 Å². The average Bonchev–Trinajstić information content (AvgIpc) is 3.26. The molecule has 3 aromatic heterocycles. The van der Waals surface area contributed by atoms with Crippen LogP contribution >= 0.6 is 23.1 Å². The van der Waals surface area contributed by atoms with E-state index in [1.165, 1.54) is 23.1 Å². The molecule has 0 fully saturated rings. The number of rotatable bonds is 6. The zero-order valence-corrected chi connectivity index (χ0v) is 14.7. The summed E-state index contributed by atoms with van der Waals surface area (Å²) in [5.41, 5.74) is 0. The highest BCUT2D eigenvalue weighted by Crippen LogP contribution is 2.17. The van der Waals surface area contributed by atoms with E-state index in [0.29, 0.717) is 27.3 Å². The van der Waals surface area contributed by atoms with Crippen LogP contribution in [0.1, 0.15) is 15.4 Å². The molecule has 2 N–H and O–H groups in total. The smallest absolute Gasteiger partial charge is 0.266 e. The minimum atomic E-state index is -0.230.